The second-order valence-corrected chi connectivity index (χ2v) is 7.18. The van der Waals surface area contributed by atoms with Crippen LogP contribution in [0.5, 0.6) is 11.5 Å². The number of carbonyl (C=O) groups excluding carboxylic acids is 2. The molecule has 0 saturated heterocycles. The number of nitrogens with one attached hydrogen (secondary N) is 2. The Balaban J connectivity index is 1.53. The summed E-state index contributed by atoms with van der Waals surface area (Å²) in [6.45, 7) is 5.80. The Hall–Kier alpha value is -3.02. The first-order valence-corrected chi connectivity index (χ1v) is 9.52. The predicted octanol–water partition coefficient (Wildman–Crippen LogP) is 3.61. The number of aryl methyl sites for hydroxylation is 1. The van der Waals surface area contributed by atoms with Crippen LogP contribution in [0.3, 0.4) is 0 Å². The molecule has 6 nitrogen and oxygen atoms in total. The fourth-order valence-corrected chi connectivity index (χ4v) is 3.09. The highest BCUT2D eigenvalue weighted by Gasteiger charge is 2.16. The summed E-state index contributed by atoms with van der Waals surface area (Å²) in [6.07, 6.45) is 1.24. The number of amides is 2. The molecule has 0 aromatic heterocycles. The predicted molar refractivity (Wildman–Crippen MR) is 108 cm³/mol. The molecule has 0 radical (unpaired) electrons. The van der Waals surface area contributed by atoms with Gasteiger partial charge in [-0.2, -0.15) is 0 Å². The van der Waals surface area contributed by atoms with Crippen LogP contribution in [-0.2, 0) is 16.0 Å². The fourth-order valence-electron chi connectivity index (χ4n) is 3.09. The summed E-state index contributed by atoms with van der Waals surface area (Å²) in [5.74, 6) is 1.22. The van der Waals surface area contributed by atoms with Gasteiger partial charge in [-0.15, -0.1) is 0 Å². The van der Waals surface area contributed by atoms with E-state index >= 15 is 0 Å². The van der Waals surface area contributed by atoms with Crippen molar-refractivity contribution in [3.63, 3.8) is 0 Å². The summed E-state index contributed by atoms with van der Waals surface area (Å²) in [7, 11) is 0. The Morgan fingerprint density at radius 2 is 1.93 bits per heavy atom. The van der Waals surface area contributed by atoms with E-state index in [0.717, 1.165) is 22.6 Å². The number of ether oxygens (including phenoxy) is 2. The van der Waals surface area contributed by atoms with E-state index in [1.807, 2.05) is 57.2 Å². The van der Waals surface area contributed by atoms with Gasteiger partial charge in [0.25, 0.3) is 5.91 Å². The summed E-state index contributed by atoms with van der Waals surface area (Å²) in [6, 6.07) is 13.0. The molecule has 1 aliphatic heterocycles. The molecule has 2 N–H and O–H groups in total. The molecule has 1 unspecified atom stereocenters. The van der Waals surface area contributed by atoms with E-state index in [4.69, 9.17) is 9.47 Å². The number of rotatable bonds is 7. The van der Waals surface area contributed by atoms with E-state index in [0.29, 0.717) is 18.6 Å². The summed E-state index contributed by atoms with van der Waals surface area (Å²) in [5, 5.41) is 5.77. The first-order chi connectivity index (χ1) is 13.4. The Kier molecular flexibility index (Phi) is 6.19. The minimum atomic E-state index is -0.200. The Morgan fingerprint density at radius 3 is 2.71 bits per heavy atom. The molecule has 3 rings (SSSR count). The van der Waals surface area contributed by atoms with E-state index in [-0.39, 0.29) is 30.6 Å². The van der Waals surface area contributed by atoms with Gasteiger partial charge in [-0.1, -0.05) is 12.1 Å². The number of carbonyl (C=O) groups is 2. The van der Waals surface area contributed by atoms with Gasteiger partial charge in [-0.25, -0.2) is 0 Å². The van der Waals surface area contributed by atoms with E-state index in [1.54, 1.807) is 6.07 Å². The van der Waals surface area contributed by atoms with Crippen LogP contribution < -0.4 is 20.1 Å². The average Bonchev–Trinajstić information content (AvgIpc) is 2.66. The first-order valence-electron chi connectivity index (χ1n) is 9.52. The van der Waals surface area contributed by atoms with Gasteiger partial charge < -0.3 is 20.1 Å². The second-order valence-electron chi connectivity index (χ2n) is 7.18. The lowest BCUT2D eigenvalue weighted by Crippen LogP contribution is -2.31. The molecule has 1 atom stereocenters. The first kappa shape index (κ1) is 19.7. The minimum Gasteiger partial charge on any atom is -0.491 e. The van der Waals surface area contributed by atoms with Gasteiger partial charge in [0.15, 0.2) is 6.61 Å². The van der Waals surface area contributed by atoms with Crippen LogP contribution in [0.25, 0.3) is 0 Å². The zero-order chi connectivity index (χ0) is 20.1. The van der Waals surface area contributed by atoms with Gasteiger partial charge in [0.05, 0.1) is 12.1 Å². The topological polar surface area (TPSA) is 76.7 Å². The van der Waals surface area contributed by atoms with Crippen LogP contribution in [-0.4, -0.2) is 24.5 Å². The minimum absolute atomic E-state index is 0.0254. The van der Waals surface area contributed by atoms with Gasteiger partial charge in [0, 0.05) is 12.1 Å². The van der Waals surface area contributed by atoms with Gasteiger partial charge in [-0.05, 0) is 68.7 Å². The van der Waals surface area contributed by atoms with Crippen molar-refractivity contribution in [2.24, 2.45) is 0 Å². The number of hydrogen-bond acceptors (Lipinski definition) is 4. The molecule has 148 valence electrons. The maximum absolute atomic E-state index is 12.3. The molecule has 0 aliphatic carbocycles. The standard InChI is InChI=1S/C22H26N2O4/c1-14(2)28-19-6-4-5-16(11-19)15(3)23-22(26)13-27-18-8-9-20-17(12-18)7-10-21(25)24-20/h4-6,8-9,11-12,14-15H,7,10,13H2,1-3H3,(H,23,26)(H,24,25). The lowest BCUT2D eigenvalue weighted by molar-refractivity contribution is -0.123. The van der Waals surface area contributed by atoms with Gasteiger partial charge in [-0.3, -0.25) is 9.59 Å². The Labute approximate surface area is 165 Å². The molecule has 0 saturated carbocycles. The third-order valence-corrected chi connectivity index (χ3v) is 4.45. The Bertz CT molecular complexity index is 863. The van der Waals surface area contributed by atoms with Crippen molar-refractivity contribution < 1.29 is 19.1 Å². The molecule has 0 fully saturated rings. The van der Waals surface area contributed by atoms with Gasteiger partial charge >= 0.3 is 0 Å². The lowest BCUT2D eigenvalue weighted by Gasteiger charge is -2.18. The second kappa shape index (κ2) is 8.78. The third kappa shape index (κ3) is 5.25. The van der Waals surface area contributed by atoms with Crippen molar-refractivity contribution in [3.8, 4) is 11.5 Å². The highest BCUT2D eigenvalue weighted by Crippen LogP contribution is 2.27. The normalized spacial score (nSPS) is 14.1. The molecule has 1 aliphatic rings. The zero-order valence-electron chi connectivity index (χ0n) is 16.5. The van der Waals surface area contributed by atoms with Crippen LogP contribution in [0.2, 0.25) is 0 Å². The molecular weight excluding hydrogens is 356 g/mol. The van der Waals surface area contributed by atoms with E-state index in [9.17, 15) is 9.59 Å². The molecule has 2 amide bonds. The summed E-state index contributed by atoms with van der Waals surface area (Å²) < 4.78 is 11.3. The van der Waals surface area contributed by atoms with Crippen molar-refractivity contribution in [2.45, 2.75) is 45.8 Å². The monoisotopic (exact) mass is 382 g/mol. The smallest absolute Gasteiger partial charge is 0.258 e. The highest BCUT2D eigenvalue weighted by atomic mass is 16.5. The SMILES string of the molecule is CC(C)Oc1cccc(C(C)NC(=O)COc2ccc3c(c2)CCC(=O)N3)c1. The maximum Gasteiger partial charge on any atom is 0.258 e. The summed E-state index contributed by atoms with van der Waals surface area (Å²) in [4.78, 5) is 23.7. The van der Waals surface area contributed by atoms with Gasteiger partial charge in [0.1, 0.15) is 11.5 Å². The van der Waals surface area contributed by atoms with Crippen LogP contribution in [0.1, 0.15) is 44.4 Å². The van der Waals surface area contributed by atoms with Crippen LogP contribution in [0, 0.1) is 0 Å². The van der Waals surface area contributed by atoms with Crippen LogP contribution in [0.4, 0.5) is 5.69 Å². The van der Waals surface area contributed by atoms with Gasteiger partial charge in [0.2, 0.25) is 5.91 Å². The van der Waals surface area contributed by atoms with Crippen LogP contribution >= 0.6 is 0 Å². The van der Waals surface area contributed by atoms with E-state index in [1.165, 1.54) is 0 Å². The van der Waals surface area contributed by atoms with E-state index in [2.05, 4.69) is 10.6 Å². The molecular formula is C22H26N2O4. The average molecular weight is 382 g/mol. The van der Waals surface area contributed by atoms with E-state index < -0.39 is 0 Å². The molecule has 2 aromatic rings. The van der Waals surface area contributed by atoms with Crippen molar-refractivity contribution in [1.29, 1.82) is 0 Å². The number of fused-ring (bicyclic) bond motifs is 1. The largest absolute Gasteiger partial charge is 0.491 e. The molecule has 2 aromatic carbocycles. The third-order valence-electron chi connectivity index (χ3n) is 4.45. The molecule has 0 bridgehead atoms. The molecule has 28 heavy (non-hydrogen) atoms. The van der Waals surface area contributed by atoms with Crippen molar-refractivity contribution in [2.75, 3.05) is 11.9 Å². The summed E-state index contributed by atoms with van der Waals surface area (Å²) >= 11 is 0. The summed E-state index contributed by atoms with van der Waals surface area (Å²) in [5.41, 5.74) is 2.80. The quantitative estimate of drug-likeness (QED) is 0.767. The fraction of sp³-hybridized carbons (Fsp3) is 0.364. The van der Waals surface area contributed by atoms with Crippen molar-refractivity contribution >= 4 is 17.5 Å². The van der Waals surface area contributed by atoms with Crippen molar-refractivity contribution in [3.05, 3.63) is 53.6 Å². The highest BCUT2D eigenvalue weighted by molar-refractivity contribution is 5.94. The Morgan fingerprint density at radius 1 is 1.11 bits per heavy atom. The lowest BCUT2D eigenvalue weighted by atomic mass is 10.0. The molecule has 6 heteroatoms. The maximum atomic E-state index is 12.3. The van der Waals surface area contributed by atoms with Crippen molar-refractivity contribution in [1.82, 2.24) is 5.32 Å². The number of anilines is 1. The number of benzene rings is 2. The zero-order valence-corrected chi connectivity index (χ0v) is 16.5. The number of hydrogen-bond donors (Lipinski definition) is 2. The molecule has 1 heterocycles. The molecule has 0 spiro atoms. The van der Waals surface area contributed by atoms with Crippen LogP contribution in [0.15, 0.2) is 42.5 Å².